The van der Waals surface area contributed by atoms with Crippen molar-refractivity contribution in [2.45, 2.75) is 52.0 Å². The lowest BCUT2D eigenvalue weighted by molar-refractivity contribution is -0.145. The minimum absolute atomic E-state index is 0.0200. The summed E-state index contributed by atoms with van der Waals surface area (Å²) < 4.78 is 9.77. The van der Waals surface area contributed by atoms with E-state index < -0.39 is 36.2 Å². The zero-order valence-electron chi connectivity index (χ0n) is 16.6. The van der Waals surface area contributed by atoms with Crippen LogP contribution in [0.2, 0.25) is 0 Å². The van der Waals surface area contributed by atoms with Crippen molar-refractivity contribution in [3.63, 3.8) is 0 Å². The monoisotopic (exact) mass is 392 g/mol. The van der Waals surface area contributed by atoms with Gasteiger partial charge in [-0.1, -0.05) is 42.0 Å². The molecule has 0 aliphatic carbocycles. The Kier molecular flexibility index (Phi) is 9.73. The molecule has 0 saturated heterocycles. The van der Waals surface area contributed by atoms with E-state index in [9.17, 15) is 19.5 Å². The quantitative estimate of drug-likeness (QED) is 0.435. The molecular formula is C20H28N2O6. The van der Waals surface area contributed by atoms with Crippen molar-refractivity contribution in [1.82, 2.24) is 10.6 Å². The number of hydrogen-bond acceptors (Lipinski definition) is 6. The van der Waals surface area contributed by atoms with Gasteiger partial charge in [0.15, 0.2) is 0 Å². The van der Waals surface area contributed by atoms with Gasteiger partial charge in [-0.25, -0.2) is 9.59 Å². The zero-order valence-corrected chi connectivity index (χ0v) is 16.6. The molecule has 0 spiro atoms. The first-order valence-corrected chi connectivity index (χ1v) is 8.91. The maximum atomic E-state index is 12.5. The number of alkyl carbamates (subject to hydrolysis) is 1. The number of aliphatic hydroxyl groups excluding tert-OH is 1. The molecule has 28 heavy (non-hydrogen) atoms. The van der Waals surface area contributed by atoms with E-state index in [2.05, 4.69) is 10.6 Å². The van der Waals surface area contributed by atoms with E-state index in [1.807, 2.05) is 32.0 Å². The highest BCUT2D eigenvalue weighted by atomic mass is 16.5. The number of carbonyl (C=O) groups excluding carboxylic acids is 3. The van der Waals surface area contributed by atoms with E-state index in [0.717, 1.165) is 11.1 Å². The Balaban J connectivity index is 2.71. The average molecular weight is 392 g/mol. The number of esters is 1. The standard InChI is InChI=1S/C20H28N2O6/c1-13(2)10-11-16(19(25)27-4)21-18(24)17(14(3)23)22-20(26)28-12-15-8-6-5-7-9-15/h5-10,14,16-17,23H,11-12H2,1-4H3,(H,21,24)(H,22,26)/t14-,16+,17+/m1/s1. The molecule has 0 aliphatic rings. The van der Waals surface area contributed by atoms with Gasteiger partial charge in [0.2, 0.25) is 5.91 Å². The van der Waals surface area contributed by atoms with Crippen LogP contribution in [0, 0.1) is 0 Å². The predicted octanol–water partition coefficient (Wildman–Crippen LogP) is 1.68. The summed E-state index contributed by atoms with van der Waals surface area (Å²) in [6.45, 7) is 5.09. The number of nitrogens with one attached hydrogen (secondary N) is 2. The van der Waals surface area contributed by atoms with Gasteiger partial charge in [-0.05, 0) is 32.8 Å². The highest BCUT2D eigenvalue weighted by molar-refractivity contribution is 5.90. The maximum absolute atomic E-state index is 12.5. The third-order valence-corrected chi connectivity index (χ3v) is 3.81. The van der Waals surface area contributed by atoms with E-state index in [0.29, 0.717) is 0 Å². The molecule has 1 rings (SSSR count). The van der Waals surface area contributed by atoms with Gasteiger partial charge in [0.25, 0.3) is 0 Å². The number of aliphatic hydroxyl groups is 1. The van der Waals surface area contributed by atoms with Crippen LogP contribution in [-0.4, -0.2) is 48.4 Å². The minimum atomic E-state index is -1.29. The summed E-state index contributed by atoms with van der Waals surface area (Å²) in [6, 6.07) is 6.80. The second kappa shape index (κ2) is 11.8. The van der Waals surface area contributed by atoms with Crippen molar-refractivity contribution in [3.8, 4) is 0 Å². The van der Waals surface area contributed by atoms with Gasteiger partial charge in [-0.2, -0.15) is 0 Å². The van der Waals surface area contributed by atoms with Crippen molar-refractivity contribution < 1.29 is 29.0 Å². The third kappa shape index (κ3) is 8.22. The lowest BCUT2D eigenvalue weighted by Crippen LogP contribution is -2.55. The molecule has 1 aromatic carbocycles. The summed E-state index contributed by atoms with van der Waals surface area (Å²) in [5.41, 5.74) is 1.75. The fourth-order valence-corrected chi connectivity index (χ4v) is 2.27. The Hall–Kier alpha value is -2.87. The Morgan fingerprint density at radius 2 is 1.79 bits per heavy atom. The van der Waals surface area contributed by atoms with Crippen LogP contribution >= 0.6 is 0 Å². The predicted molar refractivity (Wildman–Crippen MR) is 103 cm³/mol. The van der Waals surface area contributed by atoms with Crippen LogP contribution in [0.3, 0.4) is 0 Å². The highest BCUT2D eigenvalue weighted by Crippen LogP contribution is 2.04. The number of hydrogen-bond donors (Lipinski definition) is 3. The SMILES string of the molecule is COC(=O)[C@H](CC=C(C)C)NC(=O)[C@@H](NC(=O)OCc1ccccc1)[C@@H](C)O. The fraction of sp³-hybridized carbons (Fsp3) is 0.450. The number of benzene rings is 1. The molecule has 0 fully saturated rings. The summed E-state index contributed by atoms with van der Waals surface area (Å²) in [5.74, 6) is -1.34. The molecule has 0 radical (unpaired) electrons. The van der Waals surface area contributed by atoms with E-state index in [-0.39, 0.29) is 13.0 Å². The number of ether oxygens (including phenoxy) is 2. The second-order valence-corrected chi connectivity index (χ2v) is 6.53. The van der Waals surface area contributed by atoms with Gasteiger partial charge in [-0.15, -0.1) is 0 Å². The molecule has 8 heteroatoms. The van der Waals surface area contributed by atoms with Crippen molar-refractivity contribution in [2.24, 2.45) is 0 Å². The average Bonchev–Trinajstić information content (AvgIpc) is 2.67. The molecule has 0 aliphatic heterocycles. The van der Waals surface area contributed by atoms with Crippen molar-refractivity contribution in [1.29, 1.82) is 0 Å². The van der Waals surface area contributed by atoms with Crippen molar-refractivity contribution in [3.05, 3.63) is 47.5 Å². The molecule has 0 saturated carbocycles. The molecule has 0 heterocycles. The summed E-state index contributed by atoms with van der Waals surface area (Å²) in [7, 11) is 1.22. The number of amides is 2. The number of carbonyl (C=O) groups is 3. The molecule has 0 unspecified atom stereocenters. The Morgan fingerprint density at radius 1 is 1.14 bits per heavy atom. The Morgan fingerprint density at radius 3 is 2.32 bits per heavy atom. The number of allylic oxidation sites excluding steroid dienone is 1. The lowest BCUT2D eigenvalue weighted by Gasteiger charge is -2.23. The first-order chi connectivity index (χ1) is 13.2. The molecule has 2 amide bonds. The number of rotatable bonds is 9. The van der Waals surface area contributed by atoms with Crippen LogP contribution in [0.4, 0.5) is 4.79 Å². The van der Waals surface area contributed by atoms with Gasteiger partial charge in [0, 0.05) is 0 Å². The lowest BCUT2D eigenvalue weighted by atomic mass is 10.1. The van der Waals surface area contributed by atoms with Crippen LogP contribution < -0.4 is 10.6 Å². The fourth-order valence-electron chi connectivity index (χ4n) is 2.27. The first kappa shape index (κ1) is 23.2. The summed E-state index contributed by atoms with van der Waals surface area (Å²) in [4.78, 5) is 36.4. The molecular weight excluding hydrogens is 364 g/mol. The molecule has 8 nitrogen and oxygen atoms in total. The van der Waals surface area contributed by atoms with E-state index in [1.165, 1.54) is 14.0 Å². The van der Waals surface area contributed by atoms with E-state index >= 15 is 0 Å². The van der Waals surface area contributed by atoms with Crippen LogP contribution in [0.5, 0.6) is 0 Å². The van der Waals surface area contributed by atoms with Gasteiger partial charge in [0.1, 0.15) is 18.7 Å². The van der Waals surface area contributed by atoms with Crippen LogP contribution in [0.15, 0.2) is 42.0 Å². The molecule has 0 aromatic heterocycles. The zero-order chi connectivity index (χ0) is 21.1. The smallest absolute Gasteiger partial charge is 0.408 e. The van der Waals surface area contributed by atoms with Gasteiger partial charge < -0.3 is 25.2 Å². The van der Waals surface area contributed by atoms with E-state index in [1.54, 1.807) is 18.2 Å². The summed E-state index contributed by atoms with van der Waals surface area (Å²) in [6.07, 6.45) is -0.0539. The second-order valence-electron chi connectivity index (χ2n) is 6.53. The molecule has 154 valence electrons. The van der Waals surface area contributed by atoms with Gasteiger partial charge in [0.05, 0.1) is 13.2 Å². The minimum Gasteiger partial charge on any atom is -0.467 e. The third-order valence-electron chi connectivity index (χ3n) is 3.81. The summed E-state index contributed by atoms with van der Waals surface area (Å²) in [5, 5.41) is 14.7. The first-order valence-electron chi connectivity index (χ1n) is 8.91. The van der Waals surface area contributed by atoms with E-state index in [4.69, 9.17) is 9.47 Å². The topological polar surface area (TPSA) is 114 Å². The normalized spacial score (nSPS) is 13.5. The Bertz CT molecular complexity index is 683. The van der Waals surface area contributed by atoms with Gasteiger partial charge in [-0.3, -0.25) is 4.79 Å². The number of methoxy groups -OCH3 is 1. The maximum Gasteiger partial charge on any atom is 0.408 e. The molecule has 3 atom stereocenters. The molecule has 0 bridgehead atoms. The largest absolute Gasteiger partial charge is 0.467 e. The van der Waals surface area contributed by atoms with Crippen molar-refractivity contribution in [2.75, 3.05) is 7.11 Å². The van der Waals surface area contributed by atoms with Crippen LogP contribution in [0.1, 0.15) is 32.8 Å². The Labute approximate surface area is 164 Å². The summed E-state index contributed by atoms with van der Waals surface area (Å²) >= 11 is 0. The highest BCUT2D eigenvalue weighted by Gasteiger charge is 2.30. The molecule has 3 N–H and O–H groups in total. The van der Waals surface area contributed by atoms with Crippen molar-refractivity contribution >= 4 is 18.0 Å². The molecule has 1 aromatic rings. The van der Waals surface area contributed by atoms with Crippen LogP contribution in [0.25, 0.3) is 0 Å². The van der Waals surface area contributed by atoms with Crippen LogP contribution in [-0.2, 0) is 25.7 Å². The van der Waals surface area contributed by atoms with Gasteiger partial charge >= 0.3 is 12.1 Å².